The molecule has 0 saturated heterocycles. The topological polar surface area (TPSA) is 175 Å². The third kappa shape index (κ3) is 8.05. The van der Waals surface area contributed by atoms with Crippen molar-refractivity contribution in [1.82, 2.24) is 4.98 Å². The number of aromatic nitrogens is 1. The molecule has 0 bridgehead atoms. The standard InChI is InChI=1S/C19H18N2O4.C6H11NO2.CH3N.CH2O/c1-2-24-19(23)14-9-13-16(22)12-8-11(10-4-3-5-10)6-7-15(12)25-18(13)21-17(14)20;1-6(2,3)9-5(8)7-4;2*1-2/h6-10H,2-5H2,1H3,(H2,20,21);4H2,1-3H3;2H,1H2;1H2. The summed E-state index contributed by atoms with van der Waals surface area (Å²) >= 11 is 0. The number of rotatable bonds is 3. The molecule has 1 aromatic carbocycles. The number of ether oxygens (including phenoxy) is 2. The largest absolute Gasteiger partial charge is 0.462 e. The molecule has 1 saturated carbocycles. The molecule has 0 unspecified atom stereocenters. The summed E-state index contributed by atoms with van der Waals surface area (Å²) in [5, 5.41) is 6.23. The predicted molar refractivity (Wildman–Crippen MR) is 147 cm³/mol. The molecular weight excluding hydrogens is 492 g/mol. The number of amides is 1. The normalized spacial score (nSPS) is 12.3. The Morgan fingerprint density at radius 3 is 2.29 bits per heavy atom. The fraction of sp³-hybridized carbons (Fsp3) is 0.370. The van der Waals surface area contributed by atoms with Crippen molar-refractivity contribution in [1.29, 1.82) is 5.41 Å². The molecule has 1 fully saturated rings. The van der Waals surface area contributed by atoms with Crippen LogP contribution in [0.25, 0.3) is 22.1 Å². The maximum Gasteiger partial charge on any atom is 0.433 e. The number of esters is 1. The first-order chi connectivity index (χ1) is 18.0. The predicted octanol–water partition coefficient (Wildman–Crippen LogP) is 5.07. The Morgan fingerprint density at radius 2 is 1.82 bits per heavy atom. The van der Waals surface area contributed by atoms with Gasteiger partial charge in [0, 0.05) is 0 Å². The van der Waals surface area contributed by atoms with Crippen LogP contribution in [-0.4, -0.2) is 49.5 Å². The number of nitrogens with one attached hydrogen (secondary N) is 1. The van der Waals surface area contributed by atoms with E-state index in [9.17, 15) is 14.4 Å². The molecule has 1 aliphatic carbocycles. The fourth-order valence-corrected chi connectivity index (χ4v) is 3.48. The molecule has 3 N–H and O–H groups in total. The van der Waals surface area contributed by atoms with E-state index in [-0.39, 0.29) is 34.5 Å². The van der Waals surface area contributed by atoms with Crippen LogP contribution in [0.4, 0.5) is 10.6 Å². The van der Waals surface area contributed by atoms with Crippen LogP contribution < -0.4 is 11.2 Å². The van der Waals surface area contributed by atoms with Gasteiger partial charge in [0.25, 0.3) is 0 Å². The molecule has 0 radical (unpaired) electrons. The summed E-state index contributed by atoms with van der Waals surface area (Å²) in [6.45, 7) is 14.8. The van der Waals surface area contributed by atoms with Gasteiger partial charge in [0.2, 0.25) is 11.1 Å². The van der Waals surface area contributed by atoms with Crippen molar-refractivity contribution < 1.29 is 28.3 Å². The van der Waals surface area contributed by atoms with E-state index in [1.54, 1.807) is 33.8 Å². The zero-order valence-corrected chi connectivity index (χ0v) is 22.2. The van der Waals surface area contributed by atoms with Gasteiger partial charge in [0.1, 0.15) is 29.4 Å². The highest BCUT2D eigenvalue weighted by Gasteiger charge is 2.22. The number of hydrogen-bond acceptors (Lipinski definition) is 10. The van der Waals surface area contributed by atoms with Crippen molar-refractivity contribution >= 4 is 60.2 Å². The first-order valence-corrected chi connectivity index (χ1v) is 11.7. The average molecular weight is 527 g/mol. The van der Waals surface area contributed by atoms with Crippen LogP contribution in [0, 0.1) is 5.41 Å². The van der Waals surface area contributed by atoms with Crippen LogP contribution in [0.5, 0.6) is 0 Å². The number of nitrogens with two attached hydrogens (primary N) is 1. The molecule has 11 nitrogen and oxygen atoms in total. The van der Waals surface area contributed by atoms with Gasteiger partial charge in [0.05, 0.1) is 17.4 Å². The molecule has 2 aromatic heterocycles. The second kappa shape index (κ2) is 14.4. The summed E-state index contributed by atoms with van der Waals surface area (Å²) in [6.07, 6.45) is 2.90. The maximum atomic E-state index is 12.9. The van der Waals surface area contributed by atoms with E-state index in [0.717, 1.165) is 18.4 Å². The lowest BCUT2D eigenvalue weighted by Crippen LogP contribution is -2.21. The molecule has 0 spiro atoms. The monoisotopic (exact) mass is 526 g/mol. The number of fused-ring (bicyclic) bond motifs is 2. The number of carbonyl (C=O) groups excluding carboxylic acids is 3. The first kappa shape index (κ1) is 31.6. The molecule has 4 rings (SSSR count). The second-order valence-corrected chi connectivity index (χ2v) is 8.95. The average Bonchev–Trinajstić information content (AvgIpc) is 2.85. The minimum Gasteiger partial charge on any atom is -0.462 e. The van der Waals surface area contributed by atoms with Gasteiger partial charge in [-0.05, 0) is 83.7 Å². The van der Waals surface area contributed by atoms with Crippen molar-refractivity contribution in [3.63, 3.8) is 0 Å². The van der Waals surface area contributed by atoms with Crippen LogP contribution >= 0.6 is 0 Å². The molecule has 3 aromatic rings. The maximum absolute atomic E-state index is 12.9. The van der Waals surface area contributed by atoms with E-state index in [1.807, 2.05) is 18.9 Å². The summed E-state index contributed by atoms with van der Waals surface area (Å²) in [5.41, 5.74) is 6.98. The SMILES string of the molecule is C=N.C=NC(=O)OC(C)(C)C.C=O.CCOC(=O)c1cc2c(=O)c3cc(C4CCC4)ccc3oc2nc1N. The molecule has 0 aliphatic heterocycles. The van der Waals surface area contributed by atoms with Crippen molar-refractivity contribution in [3.8, 4) is 0 Å². The van der Waals surface area contributed by atoms with Gasteiger partial charge in [0.15, 0.2) is 0 Å². The Kier molecular flexibility index (Phi) is 11.9. The zero-order chi connectivity index (χ0) is 29.0. The number of anilines is 1. The number of aliphatic imine (C=N–C) groups is 1. The minimum atomic E-state index is -0.623. The lowest BCUT2D eigenvalue weighted by atomic mass is 9.80. The number of nitrogens with zero attached hydrogens (tertiary/aromatic N) is 2. The van der Waals surface area contributed by atoms with Crippen LogP contribution in [0.2, 0.25) is 0 Å². The zero-order valence-electron chi connectivity index (χ0n) is 22.2. The Labute approximate surface area is 220 Å². The molecule has 0 atom stereocenters. The van der Waals surface area contributed by atoms with E-state index in [2.05, 4.69) is 23.4 Å². The Balaban J connectivity index is 0.000000472. The second-order valence-electron chi connectivity index (χ2n) is 8.95. The van der Waals surface area contributed by atoms with Gasteiger partial charge < -0.3 is 29.8 Å². The highest BCUT2D eigenvalue weighted by Crippen LogP contribution is 2.37. The highest BCUT2D eigenvalue weighted by atomic mass is 16.6. The summed E-state index contributed by atoms with van der Waals surface area (Å²) in [7, 11) is 0. The highest BCUT2D eigenvalue weighted by molar-refractivity contribution is 5.99. The smallest absolute Gasteiger partial charge is 0.433 e. The van der Waals surface area contributed by atoms with Crippen molar-refractivity contribution in [2.24, 2.45) is 4.99 Å². The van der Waals surface area contributed by atoms with Crippen molar-refractivity contribution in [2.75, 3.05) is 12.3 Å². The third-order valence-corrected chi connectivity index (χ3v) is 5.31. The van der Waals surface area contributed by atoms with Crippen LogP contribution in [0.3, 0.4) is 0 Å². The minimum absolute atomic E-state index is 0.0143. The molecule has 204 valence electrons. The summed E-state index contributed by atoms with van der Waals surface area (Å²) in [5.74, 6) is -0.101. The molecule has 38 heavy (non-hydrogen) atoms. The summed E-state index contributed by atoms with van der Waals surface area (Å²) in [4.78, 5) is 50.4. The molecular formula is C27H34N4O7. The van der Waals surface area contributed by atoms with Crippen molar-refractivity contribution in [3.05, 3.63) is 45.6 Å². The van der Waals surface area contributed by atoms with Crippen LogP contribution in [0.15, 0.2) is 38.5 Å². The van der Waals surface area contributed by atoms with Gasteiger partial charge in [-0.2, -0.15) is 9.98 Å². The Morgan fingerprint density at radius 1 is 1.18 bits per heavy atom. The number of hydrogen-bond donors (Lipinski definition) is 2. The van der Waals surface area contributed by atoms with Crippen LogP contribution in [-0.2, 0) is 14.3 Å². The number of carbonyl (C=O) groups is 3. The summed E-state index contributed by atoms with van der Waals surface area (Å²) in [6, 6.07) is 7.11. The van der Waals surface area contributed by atoms with E-state index in [4.69, 9.17) is 29.8 Å². The van der Waals surface area contributed by atoms with E-state index >= 15 is 0 Å². The molecule has 2 heterocycles. The number of nitrogen functional groups attached to an aromatic ring is 1. The quantitative estimate of drug-likeness (QED) is 0.268. The lowest BCUT2D eigenvalue weighted by molar-refractivity contribution is -0.0980. The van der Waals surface area contributed by atoms with Gasteiger partial charge in [-0.15, -0.1) is 0 Å². The lowest BCUT2D eigenvalue weighted by Gasteiger charge is -2.25. The van der Waals surface area contributed by atoms with Gasteiger partial charge in [-0.25, -0.2) is 9.59 Å². The third-order valence-electron chi connectivity index (χ3n) is 5.31. The van der Waals surface area contributed by atoms with E-state index < -0.39 is 17.7 Å². The fourth-order valence-electron chi connectivity index (χ4n) is 3.48. The molecule has 1 aliphatic rings. The van der Waals surface area contributed by atoms with E-state index in [1.165, 1.54) is 12.5 Å². The molecule has 11 heteroatoms. The molecule has 1 amide bonds. The summed E-state index contributed by atoms with van der Waals surface area (Å²) < 4.78 is 15.4. The first-order valence-electron chi connectivity index (χ1n) is 11.7. The Hall–Kier alpha value is -4.41. The number of pyridine rings is 1. The van der Waals surface area contributed by atoms with E-state index in [0.29, 0.717) is 16.9 Å². The Bertz CT molecular complexity index is 1340. The number of benzene rings is 1. The van der Waals surface area contributed by atoms with Gasteiger partial charge in [-0.3, -0.25) is 4.79 Å². The van der Waals surface area contributed by atoms with Crippen molar-refractivity contribution in [2.45, 2.75) is 58.5 Å². The van der Waals surface area contributed by atoms with Gasteiger partial charge in [-0.1, -0.05) is 12.5 Å². The van der Waals surface area contributed by atoms with Gasteiger partial charge >= 0.3 is 12.1 Å². The van der Waals surface area contributed by atoms with Crippen LogP contribution in [0.1, 0.15) is 68.8 Å².